The largest absolute Gasteiger partial charge is 0.496 e. The molecule has 0 saturated heterocycles. The van der Waals surface area contributed by atoms with Crippen molar-refractivity contribution in [3.8, 4) is 17.6 Å². The second kappa shape index (κ2) is 9.76. The smallest absolute Gasteiger partial charge is 0.126 e. The average molecular weight is 332 g/mol. The Morgan fingerprint density at radius 2 is 1.39 bits per heavy atom. The number of nitriles is 1. The SMILES string of the molecule is COc1c(C)cccc1CC#N.COc1c(C)cccc1CCl. The van der Waals surface area contributed by atoms with Crippen molar-refractivity contribution in [2.24, 2.45) is 0 Å². The first-order valence-corrected chi connectivity index (χ1v) is 7.80. The highest BCUT2D eigenvalue weighted by atomic mass is 35.5. The second-order valence-corrected chi connectivity index (χ2v) is 5.27. The van der Waals surface area contributed by atoms with E-state index in [0.29, 0.717) is 12.3 Å². The van der Waals surface area contributed by atoms with Crippen LogP contribution in [-0.2, 0) is 12.3 Å². The molecule has 0 saturated carbocycles. The fourth-order valence-electron chi connectivity index (χ4n) is 2.34. The molecule has 23 heavy (non-hydrogen) atoms. The molecule has 2 aromatic rings. The topological polar surface area (TPSA) is 42.2 Å². The van der Waals surface area contributed by atoms with Crippen LogP contribution in [0.2, 0.25) is 0 Å². The first-order valence-electron chi connectivity index (χ1n) is 7.26. The highest BCUT2D eigenvalue weighted by Gasteiger charge is 2.04. The zero-order valence-corrected chi connectivity index (χ0v) is 14.8. The average Bonchev–Trinajstić information content (AvgIpc) is 2.55. The standard InChI is InChI=1S/C10H11NO.C9H11ClO/c1-8-4-3-5-9(6-7-11)10(8)12-2;1-7-4-3-5-8(6-10)9(7)11-2/h3-5H,6H2,1-2H3;3-5H,6H2,1-2H3. The van der Waals surface area contributed by atoms with Gasteiger partial charge in [-0.1, -0.05) is 36.4 Å². The summed E-state index contributed by atoms with van der Waals surface area (Å²) in [6.07, 6.45) is 0.408. The van der Waals surface area contributed by atoms with E-state index in [1.807, 2.05) is 50.2 Å². The van der Waals surface area contributed by atoms with Crippen LogP contribution in [0, 0.1) is 25.2 Å². The third-order valence-corrected chi connectivity index (χ3v) is 3.70. The van der Waals surface area contributed by atoms with Gasteiger partial charge in [-0.25, -0.2) is 0 Å². The number of rotatable bonds is 4. The lowest BCUT2D eigenvalue weighted by molar-refractivity contribution is 0.407. The molecule has 2 aromatic carbocycles. The molecule has 122 valence electrons. The Kier molecular flexibility index (Phi) is 8.01. The maximum absolute atomic E-state index is 8.52. The van der Waals surface area contributed by atoms with Gasteiger partial charge in [0.2, 0.25) is 0 Å². The molecule has 0 atom stereocenters. The summed E-state index contributed by atoms with van der Waals surface area (Å²) < 4.78 is 10.4. The quantitative estimate of drug-likeness (QED) is 0.755. The predicted molar refractivity (Wildman–Crippen MR) is 94.3 cm³/mol. The van der Waals surface area contributed by atoms with Gasteiger partial charge in [0.15, 0.2) is 0 Å². The summed E-state index contributed by atoms with van der Waals surface area (Å²) in [5, 5.41) is 8.52. The van der Waals surface area contributed by atoms with Crippen LogP contribution in [0.4, 0.5) is 0 Å². The van der Waals surface area contributed by atoms with Gasteiger partial charge in [0, 0.05) is 11.1 Å². The van der Waals surface area contributed by atoms with Gasteiger partial charge < -0.3 is 9.47 Å². The Morgan fingerprint density at radius 3 is 1.78 bits per heavy atom. The Hall–Kier alpha value is -2.18. The molecule has 0 N–H and O–H groups in total. The summed E-state index contributed by atoms with van der Waals surface area (Å²) in [5.41, 5.74) is 4.21. The molecule has 0 fully saturated rings. The summed E-state index contributed by atoms with van der Waals surface area (Å²) in [6.45, 7) is 3.98. The zero-order chi connectivity index (χ0) is 17.2. The van der Waals surface area contributed by atoms with E-state index in [0.717, 1.165) is 33.8 Å². The molecule has 0 amide bonds. The first-order chi connectivity index (χ1) is 11.1. The molecule has 0 heterocycles. The van der Waals surface area contributed by atoms with E-state index < -0.39 is 0 Å². The molecule has 0 spiro atoms. The number of hydrogen-bond donors (Lipinski definition) is 0. The van der Waals surface area contributed by atoms with Crippen molar-refractivity contribution in [1.29, 1.82) is 5.26 Å². The number of halogens is 1. The lowest BCUT2D eigenvalue weighted by atomic mass is 10.1. The van der Waals surface area contributed by atoms with Crippen molar-refractivity contribution in [3.05, 3.63) is 58.7 Å². The third-order valence-electron chi connectivity index (χ3n) is 3.41. The molecule has 0 aliphatic heterocycles. The Morgan fingerprint density at radius 1 is 0.913 bits per heavy atom. The van der Waals surface area contributed by atoms with E-state index in [4.69, 9.17) is 26.3 Å². The first kappa shape index (κ1) is 18.9. The molecule has 0 unspecified atom stereocenters. The van der Waals surface area contributed by atoms with Crippen LogP contribution < -0.4 is 9.47 Å². The number of nitrogens with zero attached hydrogens (tertiary/aromatic N) is 1. The van der Waals surface area contributed by atoms with Gasteiger partial charge in [0.05, 0.1) is 32.6 Å². The zero-order valence-electron chi connectivity index (χ0n) is 14.0. The summed E-state index contributed by atoms with van der Waals surface area (Å²) in [7, 11) is 3.29. The van der Waals surface area contributed by atoms with Gasteiger partial charge in [-0.2, -0.15) is 5.26 Å². The van der Waals surface area contributed by atoms with Crippen molar-refractivity contribution in [2.75, 3.05) is 14.2 Å². The second-order valence-electron chi connectivity index (χ2n) is 5.00. The predicted octanol–water partition coefficient (Wildman–Crippen LogP) is 4.81. The molecule has 2 rings (SSSR count). The Balaban J connectivity index is 0.000000231. The van der Waals surface area contributed by atoms with Crippen LogP contribution >= 0.6 is 11.6 Å². The van der Waals surface area contributed by atoms with Crippen molar-refractivity contribution in [3.63, 3.8) is 0 Å². The van der Waals surface area contributed by atoms with Gasteiger partial charge in [-0.3, -0.25) is 0 Å². The van der Waals surface area contributed by atoms with Crippen LogP contribution in [0.3, 0.4) is 0 Å². The van der Waals surface area contributed by atoms with Crippen molar-refractivity contribution >= 4 is 11.6 Å². The highest BCUT2D eigenvalue weighted by molar-refractivity contribution is 6.17. The van der Waals surface area contributed by atoms with E-state index in [9.17, 15) is 0 Å². The van der Waals surface area contributed by atoms with Gasteiger partial charge >= 0.3 is 0 Å². The van der Waals surface area contributed by atoms with Crippen LogP contribution in [0.15, 0.2) is 36.4 Å². The fraction of sp³-hybridized carbons (Fsp3) is 0.316. The molecule has 0 aromatic heterocycles. The lowest BCUT2D eigenvalue weighted by Gasteiger charge is -2.07. The lowest BCUT2D eigenvalue weighted by Crippen LogP contribution is -1.93. The minimum atomic E-state index is 0.408. The number of methoxy groups -OCH3 is 2. The van der Waals surface area contributed by atoms with Crippen molar-refractivity contribution in [2.45, 2.75) is 26.1 Å². The summed E-state index contributed by atoms with van der Waals surface area (Å²) in [4.78, 5) is 0. The van der Waals surface area contributed by atoms with Gasteiger partial charge in [-0.05, 0) is 25.0 Å². The van der Waals surface area contributed by atoms with Gasteiger partial charge in [-0.15, -0.1) is 11.6 Å². The highest BCUT2D eigenvalue weighted by Crippen LogP contribution is 2.24. The molecule has 3 nitrogen and oxygen atoms in total. The van der Waals surface area contributed by atoms with Crippen LogP contribution in [0.25, 0.3) is 0 Å². The summed E-state index contributed by atoms with van der Waals surface area (Å²) in [5.74, 6) is 2.24. The molecular weight excluding hydrogens is 310 g/mol. The van der Waals surface area contributed by atoms with Gasteiger partial charge in [0.1, 0.15) is 11.5 Å². The number of alkyl halides is 1. The minimum absolute atomic E-state index is 0.408. The Labute approximate surface area is 143 Å². The molecular formula is C19H22ClNO2. The monoisotopic (exact) mass is 331 g/mol. The van der Waals surface area contributed by atoms with Crippen LogP contribution in [0.5, 0.6) is 11.5 Å². The van der Waals surface area contributed by atoms with E-state index in [1.165, 1.54) is 0 Å². The van der Waals surface area contributed by atoms with Crippen molar-refractivity contribution < 1.29 is 9.47 Å². The molecule has 0 aliphatic carbocycles. The minimum Gasteiger partial charge on any atom is -0.496 e. The maximum atomic E-state index is 8.52. The molecule has 0 aliphatic rings. The number of aryl methyl sites for hydroxylation is 2. The van der Waals surface area contributed by atoms with Crippen molar-refractivity contribution in [1.82, 2.24) is 0 Å². The normalized spacial score (nSPS) is 9.39. The maximum Gasteiger partial charge on any atom is 0.126 e. The van der Waals surface area contributed by atoms with E-state index in [2.05, 4.69) is 6.07 Å². The number of ether oxygens (including phenoxy) is 2. The Bertz CT molecular complexity index is 678. The number of para-hydroxylation sites is 2. The molecule has 0 bridgehead atoms. The van der Waals surface area contributed by atoms with Gasteiger partial charge in [0.25, 0.3) is 0 Å². The fourth-order valence-corrected chi connectivity index (χ4v) is 2.55. The van der Waals surface area contributed by atoms with E-state index >= 15 is 0 Å². The summed E-state index contributed by atoms with van der Waals surface area (Å²) >= 11 is 5.70. The molecule has 0 radical (unpaired) electrons. The van der Waals surface area contributed by atoms with Crippen LogP contribution in [-0.4, -0.2) is 14.2 Å². The van der Waals surface area contributed by atoms with E-state index in [-0.39, 0.29) is 0 Å². The summed E-state index contributed by atoms with van der Waals surface area (Å²) in [6, 6.07) is 13.9. The number of benzene rings is 2. The van der Waals surface area contributed by atoms with E-state index in [1.54, 1.807) is 14.2 Å². The van der Waals surface area contributed by atoms with Crippen LogP contribution in [0.1, 0.15) is 22.3 Å². The number of hydrogen-bond acceptors (Lipinski definition) is 3. The molecule has 4 heteroatoms. The third kappa shape index (κ3) is 5.19.